The number of hydrogen-bond acceptors (Lipinski definition) is 4. The van der Waals surface area contributed by atoms with Crippen molar-refractivity contribution in [1.82, 2.24) is 14.4 Å². The third-order valence-corrected chi connectivity index (χ3v) is 2.95. The van der Waals surface area contributed by atoms with Crippen molar-refractivity contribution in [3.63, 3.8) is 0 Å². The molecule has 0 spiro atoms. The van der Waals surface area contributed by atoms with Gasteiger partial charge >= 0.3 is 0 Å². The molecule has 0 fully saturated rings. The fourth-order valence-electron chi connectivity index (χ4n) is 1.95. The Morgan fingerprint density at radius 2 is 2.21 bits per heavy atom. The summed E-state index contributed by atoms with van der Waals surface area (Å²) in [4.78, 5) is 8.43. The van der Waals surface area contributed by atoms with E-state index in [0.717, 1.165) is 5.65 Å². The Hall–Kier alpha value is -2.40. The van der Waals surface area contributed by atoms with Crippen LogP contribution in [0.1, 0.15) is 17.4 Å². The summed E-state index contributed by atoms with van der Waals surface area (Å²) in [5.74, 6) is 0.611. The summed E-state index contributed by atoms with van der Waals surface area (Å²) in [7, 11) is 1.57. The second-order valence-electron chi connectivity index (χ2n) is 4.19. The molecule has 0 amide bonds. The van der Waals surface area contributed by atoms with Crippen molar-refractivity contribution in [3.05, 3.63) is 60.3 Å². The van der Waals surface area contributed by atoms with Gasteiger partial charge in [0.25, 0.3) is 0 Å². The topological polar surface area (TPSA) is 59.7 Å². The van der Waals surface area contributed by atoms with Crippen LogP contribution in [0, 0.1) is 0 Å². The predicted octanol–water partition coefficient (Wildman–Crippen LogP) is 1.82. The van der Waals surface area contributed by atoms with Crippen molar-refractivity contribution in [2.75, 3.05) is 7.11 Å². The van der Waals surface area contributed by atoms with Gasteiger partial charge in [0.05, 0.1) is 19.0 Å². The van der Waals surface area contributed by atoms with Gasteiger partial charge in [-0.25, -0.2) is 4.98 Å². The molecule has 0 saturated heterocycles. The number of ether oxygens (including phenoxy) is 1. The van der Waals surface area contributed by atoms with Gasteiger partial charge in [-0.3, -0.25) is 4.98 Å². The van der Waals surface area contributed by atoms with Crippen LogP contribution in [0.3, 0.4) is 0 Å². The quantitative estimate of drug-likeness (QED) is 0.775. The lowest BCUT2D eigenvalue weighted by molar-refractivity contribution is 0.215. The van der Waals surface area contributed by atoms with Crippen LogP contribution in [-0.4, -0.2) is 26.6 Å². The number of nitrogens with zero attached hydrogens (tertiary/aromatic N) is 3. The molecule has 1 N–H and O–H groups in total. The first-order chi connectivity index (χ1) is 9.28. The van der Waals surface area contributed by atoms with Gasteiger partial charge in [0.1, 0.15) is 17.5 Å². The summed E-state index contributed by atoms with van der Waals surface area (Å²) in [5, 5.41) is 10.3. The fraction of sp³-hybridized carbons (Fsp3) is 0.143. The number of hydrogen-bond donors (Lipinski definition) is 1. The zero-order valence-electron chi connectivity index (χ0n) is 10.4. The van der Waals surface area contributed by atoms with E-state index in [4.69, 9.17) is 4.74 Å². The number of rotatable bonds is 3. The Kier molecular flexibility index (Phi) is 2.89. The van der Waals surface area contributed by atoms with Crippen LogP contribution in [0.15, 0.2) is 49.1 Å². The lowest BCUT2D eigenvalue weighted by atomic mass is 10.1. The van der Waals surface area contributed by atoms with Crippen LogP contribution in [0.2, 0.25) is 0 Å². The van der Waals surface area contributed by atoms with Crippen LogP contribution >= 0.6 is 0 Å². The molecule has 3 rings (SSSR count). The Balaban J connectivity index is 2.00. The van der Waals surface area contributed by atoms with E-state index in [1.54, 1.807) is 31.8 Å². The number of aliphatic hydroxyl groups is 1. The van der Waals surface area contributed by atoms with Crippen LogP contribution in [-0.2, 0) is 0 Å². The summed E-state index contributed by atoms with van der Waals surface area (Å²) in [5.41, 5.74) is 2.04. The molecule has 3 aromatic rings. The van der Waals surface area contributed by atoms with Crippen LogP contribution < -0.4 is 4.74 Å². The first kappa shape index (κ1) is 11.7. The van der Waals surface area contributed by atoms with Crippen molar-refractivity contribution in [3.8, 4) is 5.75 Å². The standard InChI is InChI=1S/C14H13N3O2/c1-19-11-6-10(7-15-8-11)14(18)12-9-17-5-3-2-4-13(17)16-12/h2-9,14,18H,1H3. The Morgan fingerprint density at radius 3 is 3.00 bits per heavy atom. The van der Waals surface area contributed by atoms with Gasteiger partial charge in [0, 0.05) is 24.2 Å². The molecule has 0 aliphatic heterocycles. The minimum absolute atomic E-state index is 0.584. The fourth-order valence-corrected chi connectivity index (χ4v) is 1.95. The minimum Gasteiger partial charge on any atom is -0.495 e. The second-order valence-corrected chi connectivity index (χ2v) is 4.19. The predicted molar refractivity (Wildman–Crippen MR) is 70.0 cm³/mol. The van der Waals surface area contributed by atoms with Crippen molar-refractivity contribution < 1.29 is 9.84 Å². The molecular weight excluding hydrogens is 242 g/mol. The number of methoxy groups -OCH3 is 1. The highest BCUT2D eigenvalue weighted by molar-refractivity contribution is 5.41. The highest BCUT2D eigenvalue weighted by Crippen LogP contribution is 2.23. The van der Waals surface area contributed by atoms with E-state index in [-0.39, 0.29) is 0 Å². The molecule has 96 valence electrons. The number of aromatic nitrogens is 3. The van der Waals surface area contributed by atoms with Crippen LogP contribution in [0.4, 0.5) is 0 Å². The van der Waals surface area contributed by atoms with E-state index in [1.807, 2.05) is 28.8 Å². The lowest BCUT2D eigenvalue weighted by Crippen LogP contribution is -2.01. The Morgan fingerprint density at radius 1 is 1.32 bits per heavy atom. The molecular formula is C14H13N3O2. The largest absolute Gasteiger partial charge is 0.495 e. The van der Waals surface area contributed by atoms with Gasteiger partial charge in [0.15, 0.2) is 0 Å². The van der Waals surface area contributed by atoms with E-state index < -0.39 is 6.10 Å². The first-order valence-electron chi connectivity index (χ1n) is 5.88. The maximum absolute atomic E-state index is 10.3. The van der Waals surface area contributed by atoms with Crippen molar-refractivity contribution in [2.24, 2.45) is 0 Å². The SMILES string of the molecule is COc1cncc(C(O)c2cn3ccccc3n2)c1. The highest BCUT2D eigenvalue weighted by atomic mass is 16.5. The maximum atomic E-state index is 10.3. The monoisotopic (exact) mass is 255 g/mol. The Labute approximate surface area is 110 Å². The molecule has 0 saturated carbocycles. The number of fused-ring (bicyclic) bond motifs is 1. The van der Waals surface area contributed by atoms with E-state index in [1.165, 1.54) is 0 Å². The zero-order valence-corrected chi connectivity index (χ0v) is 10.4. The molecule has 0 aliphatic rings. The number of pyridine rings is 2. The summed E-state index contributed by atoms with van der Waals surface area (Å²) in [6.07, 6.45) is 6.08. The van der Waals surface area contributed by atoms with Crippen molar-refractivity contribution >= 4 is 5.65 Å². The molecule has 0 aromatic carbocycles. The number of aliphatic hydroxyl groups excluding tert-OH is 1. The van der Waals surface area contributed by atoms with Crippen LogP contribution in [0.5, 0.6) is 5.75 Å². The van der Waals surface area contributed by atoms with Crippen molar-refractivity contribution in [1.29, 1.82) is 0 Å². The van der Waals surface area contributed by atoms with Gasteiger partial charge in [-0.15, -0.1) is 0 Å². The molecule has 3 aromatic heterocycles. The molecule has 1 unspecified atom stereocenters. The van der Waals surface area contributed by atoms with Crippen molar-refractivity contribution in [2.45, 2.75) is 6.10 Å². The third kappa shape index (κ3) is 2.15. The maximum Gasteiger partial charge on any atom is 0.137 e. The average Bonchev–Trinajstić information content (AvgIpc) is 2.90. The summed E-state index contributed by atoms with van der Waals surface area (Å²) in [6.45, 7) is 0. The van der Waals surface area contributed by atoms with E-state index in [2.05, 4.69) is 9.97 Å². The smallest absolute Gasteiger partial charge is 0.137 e. The normalized spacial score (nSPS) is 12.5. The molecule has 0 bridgehead atoms. The highest BCUT2D eigenvalue weighted by Gasteiger charge is 2.15. The van der Waals surface area contributed by atoms with E-state index >= 15 is 0 Å². The second kappa shape index (κ2) is 4.70. The number of imidazole rings is 1. The molecule has 5 heteroatoms. The summed E-state index contributed by atoms with van der Waals surface area (Å²) < 4.78 is 6.97. The van der Waals surface area contributed by atoms with E-state index in [0.29, 0.717) is 17.0 Å². The molecule has 0 radical (unpaired) electrons. The molecule has 1 atom stereocenters. The first-order valence-corrected chi connectivity index (χ1v) is 5.88. The minimum atomic E-state index is -0.817. The summed E-state index contributed by atoms with van der Waals surface area (Å²) >= 11 is 0. The molecule has 19 heavy (non-hydrogen) atoms. The van der Waals surface area contributed by atoms with Gasteiger partial charge in [-0.05, 0) is 18.2 Å². The van der Waals surface area contributed by atoms with E-state index in [9.17, 15) is 5.11 Å². The lowest BCUT2D eigenvalue weighted by Gasteiger charge is -2.08. The molecule has 0 aliphatic carbocycles. The summed E-state index contributed by atoms with van der Waals surface area (Å²) in [6, 6.07) is 7.46. The average molecular weight is 255 g/mol. The van der Waals surface area contributed by atoms with Gasteiger partial charge in [-0.2, -0.15) is 0 Å². The van der Waals surface area contributed by atoms with Gasteiger partial charge < -0.3 is 14.2 Å². The molecule has 3 heterocycles. The van der Waals surface area contributed by atoms with Gasteiger partial charge in [-0.1, -0.05) is 6.07 Å². The third-order valence-electron chi connectivity index (χ3n) is 2.95. The Bertz CT molecular complexity index is 675. The molecule has 5 nitrogen and oxygen atoms in total. The zero-order chi connectivity index (χ0) is 13.2. The van der Waals surface area contributed by atoms with Gasteiger partial charge in [0.2, 0.25) is 0 Å². The van der Waals surface area contributed by atoms with Crippen LogP contribution in [0.25, 0.3) is 5.65 Å².